The summed E-state index contributed by atoms with van der Waals surface area (Å²) < 4.78 is 1.75. The number of aromatic nitrogens is 2. The van der Waals surface area contributed by atoms with Gasteiger partial charge >= 0.3 is 0 Å². The average molecular weight is 208 g/mol. The fraction of sp³-hybridized carbons (Fsp3) is 0.600. The van der Waals surface area contributed by atoms with Gasteiger partial charge in [-0.2, -0.15) is 5.10 Å². The topological polar surface area (TPSA) is 64.2 Å². The van der Waals surface area contributed by atoms with Gasteiger partial charge in [0.25, 0.3) is 0 Å². The predicted molar refractivity (Wildman–Crippen MR) is 55.9 cm³/mol. The Morgan fingerprint density at radius 3 is 2.87 bits per heavy atom. The maximum atomic E-state index is 11.6. The smallest absolute Gasteiger partial charge is 0.223 e. The highest BCUT2D eigenvalue weighted by atomic mass is 16.2. The van der Waals surface area contributed by atoms with Crippen molar-refractivity contribution in [3.8, 4) is 0 Å². The van der Waals surface area contributed by atoms with E-state index in [-0.39, 0.29) is 17.9 Å². The van der Waals surface area contributed by atoms with E-state index in [2.05, 4.69) is 5.10 Å². The Kier molecular flexibility index (Phi) is 2.48. The van der Waals surface area contributed by atoms with Crippen LogP contribution < -0.4 is 5.73 Å². The summed E-state index contributed by atoms with van der Waals surface area (Å²) in [6.45, 7) is 0.537. The highest BCUT2D eigenvalue weighted by Gasteiger charge is 2.38. The molecule has 0 unspecified atom stereocenters. The van der Waals surface area contributed by atoms with Crippen LogP contribution in [-0.4, -0.2) is 34.2 Å². The Balaban J connectivity index is 2.30. The van der Waals surface area contributed by atoms with Crippen molar-refractivity contribution in [3.05, 3.63) is 18.0 Å². The van der Waals surface area contributed by atoms with E-state index in [0.29, 0.717) is 13.0 Å². The van der Waals surface area contributed by atoms with E-state index in [0.717, 1.165) is 5.56 Å². The van der Waals surface area contributed by atoms with Crippen molar-refractivity contribution >= 4 is 5.91 Å². The van der Waals surface area contributed by atoms with E-state index in [9.17, 15) is 4.79 Å². The fourth-order valence-corrected chi connectivity index (χ4v) is 2.25. The van der Waals surface area contributed by atoms with Crippen LogP contribution >= 0.6 is 0 Å². The minimum absolute atomic E-state index is 0.0937. The number of amides is 1. The van der Waals surface area contributed by atoms with Crippen molar-refractivity contribution in [2.24, 2.45) is 18.7 Å². The molecule has 5 nitrogen and oxygen atoms in total. The monoisotopic (exact) mass is 208 g/mol. The molecule has 15 heavy (non-hydrogen) atoms. The summed E-state index contributed by atoms with van der Waals surface area (Å²) in [6, 6.07) is 0.0937. The molecule has 0 spiro atoms. The second-order valence-corrected chi connectivity index (χ2v) is 4.10. The van der Waals surface area contributed by atoms with Crippen LogP contribution in [0.15, 0.2) is 12.4 Å². The van der Waals surface area contributed by atoms with E-state index < -0.39 is 0 Å². The first kappa shape index (κ1) is 10.2. The van der Waals surface area contributed by atoms with Gasteiger partial charge in [-0.05, 0) is 6.54 Å². The lowest BCUT2D eigenvalue weighted by atomic mass is 9.96. The van der Waals surface area contributed by atoms with Gasteiger partial charge in [0, 0.05) is 38.2 Å². The van der Waals surface area contributed by atoms with Crippen molar-refractivity contribution in [2.75, 3.05) is 13.6 Å². The van der Waals surface area contributed by atoms with Crippen LogP contribution in [0, 0.1) is 5.92 Å². The molecule has 1 amide bonds. The fourth-order valence-electron chi connectivity index (χ4n) is 2.25. The molecule has 0 saturated carbocycles. The lowest BCUT2D eigenvalue weighted by molar-refractivity contribution is -0.127. The van der Waals surface area contributed by atoms with Crippen LogP contribution in [0.3, 0.4) is 0 Å². The van der Waals surface area contributed by atoms with Crippen molar-refractivity contribution < 1.29 is 4.79 Å². The van der Waals surface area contributed by atoms with E-state index in [4.69, 9.17) is 5.73 Å². The third kappa shape index (κ3) is 1.63. The first-order valence-electron chi connectivity index (χ1n) is 5.07. The van der Waals surface area contributed by atoms with Crippen LogP contribution in [-0.2, 0) is 11.8 Å². The summed E-state index contributed by atoms with van der Waals surface area (Å²) in [4.78, 5) is 13.3. The molecule has 0 bridgehead atoms. The minimum Gasteiger partial charge on any atom is -0.338 e. The SMILES string of the molecule is CN1C(=O)C[C@@H](CN)[C@H]1c1cnn(C)c1. The molecule has 1 aromatic rings. The molecule has 2 heterocycles. The zero-order valence-corrected chi connectivity index (χ0v) is 9.05. The summed E-state index contributed by atoms with van der Waals surface area (Å²) in [6.07, 6.45) is 4.30. The van der Waals surface area contributed by atoms with Crippen molar-refractivity contribution in [3.63, 3.8) is 0 Å². The second-order valence-electron chi connectivity index (χ2n) is 4.10. The Morgan fingerprint density at radius 1 is 1.60 bits per heavy atom. The van der Waals surface area contributed by atoms with Gasteiger partial charge in [0.05, 0.1) is 12.2 Å². The number of rotatable bonds is 2. The van der Waals surface area contributed by atoms with Gasteiger partial charge in [0.15, 0.2) is 0 Å². The van der Waals surface area contributed by atoms with Crippen molar-refractivity contribution in [2.45, 2.75) is 12.5 Å². The molecule has 0 aliphatic carbocycles. The third-order valence-electron chi connectivity index (χ3n) is 3.06. The van der Waals surface area contributed by atoms with Crippen LogP contribution in [0.2, 0.25) is 0 Å². The molecule has 2 rings (SSSR count). The number of carbonyl (C=O) groups excluding carboxylic acids is 1. The Hall–Kier alpha value is -1.36. The zero-order chi connectivity index (χ0) is 11.0. The molecule has 2 atom stereocenters. The molecule has 82 valence electrons. The van der Waals surface area contributed by atoms with E-state index in [1.165, 1.54) is 0 Å². The van der Waals surface area contributed by atoms with Crippen LogP contribution in [0.25, 0.3) is 0 Å². The number of hydrogen-bond donors (Lipinski definition) is 1. The lowest BCUT2D eigenvalue weighted by Crippen LogP contribution is -2.26. The molecule has 0 radical (unpaired) electrons. The van der Waals surface area contributed by atoms with Gasteiger partial charge in [-0.25, -0.2) is 0 Å². The normalized spacial score (nSPS) is 26.3. The third-order valence-corrected chi connectivity index (χ3v) is 3.06. The molecule has 1 aliphatic rings. The standard InChI is InChI=1S/C10H16N4O/c1-13-6-8(5-12-13)10-7(4-11)3-9(15)14(10)2/h5-7,10H,3-4,11H2,1-2H3/t7-,10-/m0/s1. The summed E-state index contributed by atoms with van der Waals surface area (Å²) >= 11 is 0. The predicted octanol–water partition coefficient (Wildman–Crippen LogP) is -0.102. The molecule has 1 fully saturated rings. The van der Waals surface area contributed by atoms with Gasteiger partial charge in [-0.3, -0.25) is 9.48 Å². The highest BCUT2D eigenvalue weighted by Crippen LogP contribution is 2.35. The first-order chi connectivity index (χ1) is 7.13. The quantitative estimate of drug-likeness (QED) is 0.738. The Bertz CT molecular complexity index is 373. The van der Waals surface area contributed by atoms with Gasteiger partial charge in [0.2, 0.25) is 5.91 Å². The largest absolute Gasteiger partial charge is 0.338 e. The molecular weight excluding hydrogens is 192 g/mol. The summed E-state index contributed by atoms with van der Waals surface area (Å²) in [7, 11) is 3.70. The molecular formula is C10H16N4O. The van der Waals surface area contributed by atoms with E-state index in [1.54, 1.807) is 9.58 Å². The number of aryl methyl sites for hydroxylation is 1. The molecule has 1 aromatic heterocycles. The molecule has 1 saturated heterocycles. The lowest BCUT2D eigenvalue weighted by Gasteiger charge is -2.22. The van der Waals surface area contributed by atoms with Crippen LogP contribution in [0.5, 0.6) is 0 Å². The summed E-state index contributed by atoms with van der Waals surface area (Å²) in [5.41, 5.74) is 6.76. The highest BCUT2D eigenvalue weighted by molar-refractivity contribution is 5.79. The number of hydrogen-bond acceptors (Lipinski definition) is 3. The van der Waals surface area contributed by atoms with Crippen LogP contribution in [0.1, 0.15) is 18.0 Å². The Labute approximate surface area is 88.8 Å². The summed E-state index contributed by atoms with van der Waals surface area (Å²) in [5, 5.41) is 4.13. The average Bonchev–Trinajstić information content (AvgIpc) is 2.73. The number of nitrogens with two attached hydrogens (primary N) is 1. The van der Waals surface area contributed by atoms with Crippen molar-refractivity contribution in [1.82, 2.24) is 14.7 Å². The minimum atomic E-state index is 0.0937. The number of nitrogens with zero attached hydrogens (tertiary/aromatic N) is 3. The van der Waals surface area contributed by atoms with Gasteiger partial charge in [0.1, 0.15) is 0 Å². The first-order valence-corrected chi connectivity index (χ1v) is 5.07. The Morgan fingerprint density at radius 2 is 2.33 bits per heavy atom. The second kappa shape index (κ2) is 3.66. The van der Waals surface area contributed by atoms with Gasteiger partial charge in [-0.1, -0.05) is 0 Å². The van der Waals surface area contributed by atoms with Crippen LogP contribution in [0.4, 0.5) is 0 Å². The van der Waals surface area contributed by atoms with E-state index in [1.807, 2.05) is 26.5 Å². The molecule has 2 N–H and O–H groups in total. The number of likely N-dealkylation sites (tertiary alicyclic amines) is 1. The zero-order valence-electron chi connectivity index (χ0n) is 9.05. The summed E-state index contributed by atoms with van der Waals surface area (Å²) in [5.74, 6) is 0.381. The maximum absolute atomic E-state index is 11.6. The molecule has 0 aromatic carbocycles. The maximum Gasteiger partial charge on any atom is 0.223 e. The van der Waals surface area contributed by atoms with Crippen molar-refractivity contribution in [1.29, 1.82) is 0 Å². The molecule has 5 heteroatoms. The van der Waals surface area contributed by atoms with E-state index >= 15 is 0 Å². The van der Waals surface area contributed by atoms with Gasteiger partial charge < -0.3 is 10.6 Å². The molecule has 1 aliphatic heterocycles. The van der Waals surface area contributed by atoms with Gasteiger partial charge in [-0.15, -0.1) is 0 Å². The number of carbonyl (C=O) groups is 1.